The van der Waals surface area contributed by atoms with Crippen LogP contribution in [-0.2, 0) is 0 Å². The summed E-state index contributed by atoms with van der Waals surface area (Å²) in [5, 5.41) is 10.9. The van der Waals surface area contributed by atoms with Crippen LogP contribution in [0.3, 0.4) is 0 Å². The summed E-state index contributed by atoms with van der Waals surface area (Å²) in [6.45, 7) is 3.59. The fourth-order valence-corrected chi connectivity index (χ4v) is 1.07. The molecule has 0 aromatic carbocycles. The fraction of sp³-hybridized carbons (Fsp3) is 1.00. The molecule has 1 saturated heterocycles. The molecule has 3 heteroatoms. The van der Waals surface area contributed by atoms with Gasteiger partial charge in [0, 0.05) is 13.1 Å². The minimum atomic E-state index is -0.219. The maximum absolute atomic E-state index is 9.23. The van der Waals surface area contributed by atoms with Gasteiger partial charge in [0.25, 0.3) is 0 Å². The molecule has 0 spiro atoms. The molecule has 3 N–H and O–H groups in total. The third-order valence-corrected chi connectivity index (χ3v) is 1.95. The van der Waals surface area contributed by atoms with E-state index < -0.39 is 0 Å². The van der Waals surface area contributed by atoms with Crippen molar-refractivity contribution in [2.45, 2.75) is 19.4 Å². The van der Waals surface area contributed by atoms with Crippen LogP contribution in [0.2, 0.25) is 0 Å². The summed E-state index contributed by atoms with van der Waals surface area (Å²) in [6.07, 6.45) is 0.793. The van der Waals surface area contributed by atoms with Gasteiger partial charge in [-0.3, -0.25) is 5.84 Å². The minimum absolute atomic E-state index is 0.219. The normalized spacial score (nSPS) is 39.0. The van der Waals surface area contributed by atoms with E-state index in [1.54, 1.807) is 5.01 Å². The van der Waals surface area contributed by atoms with E-state index in [2.05, 4.69) is 6.92 Å². The molecule has 0 aliphatic carbocycles. The highest BCUT2D eigenvalue weighted by Crippen LogP contribution is 2.13. The third-order valence-electron chi connectivity index (χ3n) is 1.95. The Morgan fingerprint density at radius 2 is 2.33 bits per heavy atom. The van der Waals surface area contributed by atoms with Crippen molar-refractivity contribution < 1.29 is 5.11 Å². The Morgan fingerprint density at radius 3 is 2.78 bits per heavy atom. The molecule has 1 fully saturated rings. The molecule has 1 aliphatic heterocycles. The van der Waals surface area contributed by atoms with E-state index >= 15 is 0 Å². The van der Waals surface area contributed by atoms with Crippen LogP contribution in [0.1, 0.15) is 13.3 Å². The first-order valence-corrected chi connectivity index (χ1v) is 3.38. The molecule has 0 aromatic rings. The zero-order valence-electron chi connectivity index (χ0n) is 5.75. The van der Waals surface area contributed by atoms with Crippen molar-refractivity contribution >= 4 is 0 Å². The molecule has 9 heavy (non-hydrogen) atoms. The summed E-state index contributed by atoms with van der Waals surface area (Å²) in [5.74, 6) is 5.88. The summed E-state index contributed by atoms with van der Waals surface area (Å²) < 4.78 is 0. The first kappa shape index (κ1) is 6.99. The second-order valence-corrected chi connectivity index (χ2v) is 2.83. The van der Waals surface area contributed by atoms with E-state index in [1.807, 2.05) is 0 Å². The van der Waals surface area contributed by atoms with Crippen LogP contribution in [0.15, 0.2) is 0 Å². The van der Waals surface area contributed by atoms with Crippen molar-refractivity contribution in [3.8, 4) is 0 Å². The van der Waals surface area contributed by atoms with Gasteiger partial charge in [0.15, 0.2) is 0 Å². The Kier molecular flexibility index (Phi) is 2.05. The van der Waals surface area contributed by atoms with Crippen molar-refractivity contribution in [1.82, 2.24) is 5.01 Å². The largest absolute Gasteiger partial charge is 0.391 e. The monoisotopic (exact) mass is 130 g/mol. The Balaban J connectivity index is 2.35. The van der Waals surface area contributed by atoms with Gasteiger partial charge in [0.05, 0.1) is 6.10 Å². The predicted molar refractivity (Wildman–Crippen MR) is 35.5 cm³/mol. The number of rotatable bonds is 0. The van der Waals surface area contributed by atoms with Crippen LogP contribution < -0.4 is 5.84 Å². The van der Waals surface area contributed by atoms with Crippen LogP contribution in [0.4, 0.5) is 0 Å². The maximum atomic E-state index is 9.23. The lowest BCUT2D eigenvalue weighted by molar-refractivity contribution is 0.0292. The number of hydrogen-bond donors (Lipinski definition) is 2. The average molecular weight is 130 g/mol. The Bertz CT molecular complexity index is 97.1. The van der Waals surface area contributed by atoms with Crippen molar-refractivity contribution in [1.29, 1.82) is 0 Å². The fourth-order valence-electron chi connectivity index (χ4n) is 1.07. The van der Waals surface area contributed by atoms with Crippen molar-refractivity contribution in [2.24, 2.45) is 11.8 Å². The van der Waals surface area contributed by atoms with Gasteiger partial charge in [-0.1, -0.05) is 6.92 Å². The molecule has 0 bridgehead atoms. The van der Waals surface area contributed by atoms with Crippen LogP contribution in [0.25, 0.3) is 0 Å². The summed E-state index contributed by atoms with van der Waals surface area (Å²) in [5.41, 5.74) is 0. The highest BCUT2D eigenvalue weighted by atomic mass is 16.3. The molecule has 0 aromatic heterocycles. The molecule has 54 valence electrons. The van der Waals surface area contributed by atoms with E-state index in [4.69, 9.17) is 5.84 Å². The number of hydrogen-bond acceptors (Lipinski definition) is 3. The van der Waals surface area contributed by atoms with Gasteiger partial charge in [0.2, 0.25) is 0 Å². The summed E-state index contributed by atoms with van der Waals surface area (Å²) in [6, 6.07) is 0. The summed E-state index contributed by atoms with van der Waals surface area (Å²) in [4.78, 5) is 0. The van der Waals surface area contributed by atoms with E-state index in [0.717, 1.165) is 13.0 Å². The van der Waals surface area contributed by atoms with Gasteiger partial charge in [-0.05, 0) is 12.3 Å². The first-order valence-electron chi connectivity index (χ1n) is 3.38. The number of hydrazine groups is 1. The van der Waals surface area contributed by atoms with Crippen LogP contribution in [-0.4, -0.2) is 29.3 Å². The molecule has 3 nitrogen and oxygen atoms in total. The highest BCUT2D eigenvalue weighted by Gasteiger charge is 2.21. The molecule has 0 saturated carbocycles. The number of piperidine rings is 1. The smallest absolute Gasteiger partial charge is 0.0707 e. The van der Waals surface area contributed by atoms with Crippen molar-refractivity contribution in [3.63, 3.8) is 0 Å². The summed E-state index contributed by atoms with van der Waals surface area (Å²) >= 11 is 0. The quantitative estimate of drug-likeness (QED) is 0.437. The second-order valence-electron chi connectivity index (χ2n) is 2.83. The van der Waals surface area contributed by atoms with E-state index in [0.29, 0.717) is 12.5 Å². The maximum Gasteiger partial charge on any atom is 0.0707 e. The Morgan fingerprint density at radius 1 is 1.67 bits per heavy atom. The van der Waals surface area contributed by atoms with E-state index in [9.17, 15) is 5.11 Å². The molecule has 0 radical (unpaired) electrons. The van der Waals surface area contributed by atoms with E-state index in [-0.39, 0.29) is 6.10 Å². The van der Waals surface area contributed by atoms with Crippen molar-refractivity contribution in [3.05, 3.63) is 0 Å². The molecule has 2 unspecified atom stereocenters. The molecule has 1 aliphatic rings. The van der Waals surface area contributed by atoms with Gasteiger partial charge < -0.3 is 5.11 Å². The first-order chi connectivity index (χ1) is 4.20. The average Bonchev–Trinajstić information content (AvgIpc) is 1.80. The van der Waals surface area contributed by atoms with Gasteiger partial charge in [-0.2, -0.15) is 0 Å². The number of aliphatic hydroxyl groups excluding tert-OH is 1. The summed E-state index contributed by atoms with van der Waals surface area (Å²) in [7, 11) is 0. The van der Waals surface area contributed by atoms with Crippen LogP contribution in [0.5, 0.6) is 0 Å². The number of nitrogens with two attached hydrogens (primary N) is 1. The number of β-amino-alcohol motifs (C(OH)–C–C–N with tert-alkyl or cyclic N) is 1. The Hall–Kier alpha value is -0.120. The molecule has 0 amide bonds. The minimum Gasteiger partial charge on any atom is -0.391 e. The predicted octanol–water partition coefficient (Wildman–Crippen LogP) is -0.437. The number of nitrogens with zero attached hydrogens (tertiary/aromatic N) is 1. The lowest BCUT2D eigenvalue weighted by Gasteiger charge is -2.30. The van der Waals surface area contributed by atoms with Gasteiger partial charge in [-0.15, -0.1) is 0 Å². The lowest BCUT2D eigenvalue weighted by atomic mass is 9.97. The lowest BCUT2D eigenvalue weighted by Crippen LogP contribution is -2.46. The van der Waals surface area contributed by atoms with Crippen LogP contribution in [0, 0.1) is 5.92 Å². The van der Waals surface area contributed by atoms with Gasteiger partial charge in [0.1, 0.15) is 0 Å². The van der Waals surface area contributed by atoms with Crippen molar-refractivity contribution in [2.75, 3.05) is 13.1 Å². The van der Waals surface area contributed by atoms with Crippen LogP contribution >= 0.6 is 0 Å². The van der Waals surface area contributed by atoms with E-state index in [1.165, 1.54) is 0 Å². The zero-order valence-corrected chi connectivity index (χ0v) is 5.75. The topological polar surface area (TPSA) is 49.5 Å². The third kappa shape index (κ3) is 1.64. The molecule has 2 atom stereocenters. The molecular weight excluding hydrogens is 116 g/mol. The standard InChI is InChI=1S/C6H14N2O/c1-5-2-3-8(7)4-6(5)9/h5-6,9H,2-4,7H2,1H3. The molecule has 1 rings (SSSR count). The highest BCUT2D eigenvalue weighted by molar-refractivity contribution is 4.73. The second kappa shape index (κ2) is 2.64. The number of aliphatic hydroxyl groups is 1. The zero-order chi connectivity index (χ0) is 6.85. The van der Waals surface area contributed by atoms with Gasteiger partial charge in [-0.25, -0.2) is 5.01 Å². The van der Waals surface area contributed by atoms with Gasteiger partial charge >= 0.3 is 0 Å². The Labute approximate surface area is 55.4 Å². The molecular formula is C6H14N2O. The SMILES string of the molecule is CC1CCN(N)CC1O. The molecule has 1 heterocycles.